The summed E-state index contributed by atoms with van der Waals surface area (Å²) in [5, 5.41) is 1.64. The van der Waals surface area contributed by atoms with Crippen LogP contribution in [-0.4, -0.2) is 21.1 Å². The van der Waals surface area contributed by atoms with Crippen LogP contribution in [0.25, 0.3) is 10.2 Å². The number of thioether (sulfide) groups is 1. The summed E-state index contributed by atoms with van der Waals surface area (Å²) < 4.78 is 1.51. The van der Waals surface area contributed by atoms with Crippen LogP contribution in [0.1, 0.15) is 20.8 Å². The molecule has 1 aromatic carbocycles. The van der Waals surface area contributed by atoms with Gasteiger partial charge in [-0.1, -0.05) is 35.5 Å². The number of nitrogens with zero attached hydrogens (tertiary/aromatic N) is 2. The van der Waals surface area contributed by atoms with Crippen LogP contribution >= 0.6 is 34.7 Å². The van der Waals surface area contributed by atoms with E-state index in [0.29, 0.717) is 21.1 Å². The lowest BCUT2D eigenvalue weighted by Crippen LogP contribution is -2.20. The number of thiophene rings is 1. The Morgan fingerprint density at radius 3 is 2.75 bits per heavy atom. The van der Waals surface area contributed by atoms with Crippen LogP contribution in [0.3, 0.4) is 0 Å². The van der Waals surface area contributed by atoms with Crippen molar-refractivity contribution in [2.75, 3.05) is 5.75 Å². The lowest BCUT2D eigenvalue weighted by molar-refractivity contribution is 0.102. The summed E-state index contributed by atoms with van der Waals surface area (Å²) >= 11 is 8.81. The maximum absolute atomic E-state index is 12.6. The molecule has 24 heavy (non-hydrogen) atoms. The number of aryl methyl sites for hydroxylation is 2. The highest BCUT2D eigenvalue weighted by atomic mass is 35.5. The summed E-state index contributed by atoms with van der Waals surface area (Å²) in [6.45, 7) is 3.92. The topological polar surface area (TPSA) is 52.0 Å². The first-order chi connectivity index (χ1) is 11.4. The van der Waals surface area contributed by atoms with Crippen molar-refractivity contribution in [3.8, 4) is 0 Å². The molecule has 0 saturated carbocycles. The quantitative estimate of drug-likeness (QED) is 0.387. The van der Waals surface area contributed by atoms with Gasteiger partial charge < -0.3 is 0 Å². The van der Waals surface area contributed by atoms with Crippen LogP contribution in [-0.2, 0) is 7.05 Å². The second-order valence-corrected chi connectivity index (χ2v) is 7.97. The summed E-state index contributed by atoms with van der Waals surface area (Å²) in [6.07, 6.45) is 0. The van der Waals surface area contributed by atoms with Crippen molar-refractivity contribution in [1.82, 2.24) is 9.55 Å². The number of benzene rings is 1. The van der Waals surface area contributed by atoms with Crippen LogP contribution in [0.15, 0.2) is 34.2 Å². The minimum absolute atomic E-state index is 0.0745. The van der Waals surface area contributed by atoms with E-state index in [1.165, 1.54) is 27.7 Å². The van der Waals surface area contributed by atoms with Crippen LogP contribution in [0.2, 0.25) is 5.02 Å². The molecule has 124 valence electrons. The van der Waals surface area contributed by atoms with Crippen molar-refractivity contribution in [3.05, 3.63) is 55.6 Å². The number of ketones is 1. The number of carbonyl (C=O) groups is 1. The van der Waals surface area contributed by atoms with E-state index in [-0.39, 0.29) is 17.1 Å². The maximum Gasteiger partial charge on any atom is 0.262 e. The van der Waals surface area contributed by atoms with E-state index in [1.54, 1.807) is 31.3 Å². The van der Waals surface area contributed by atoms with E-state index in [4.69, 9.17) is 11.6 Å². The Morgan fingerprint density at radius 2 is 2.04 bits per heavy atom. The Balaban J connectivity index is 1.91. The Hall–Kier alpha value is -1.63. The van der Waals surface area contributed by atoms with Gasteiger partial charge in [0.25, 0.3) is 5.56 Å². The fourth-order valence-electron chi connectivity index (χ4n) is 2.38. The third-order valence-corrected chi connectivity index (χ3v) is 6.34. The van der Waals surface area contributed by atoms with Crippen molar-refractivity contribution >= 4 is 50.7 Å². The fourth-order valence-corrected chi connectivity index (χ4v) is 4.55. The van der Waals surface area contributed by atoms with Crippen molar-refractivity contribution in [1.29, 1.82) is 0 Å². The summed E-state index contributed by atoms with van der Waals surface area (Å²) in [5.41, 5.74) is 1.39. The highest BCUT2D eigenvalue weighted by molar-refractivity contribution is 7.99. The molecule has 2 heterocycles. The number of hydrogen-bond donors (Lipinski definition) is 0. The van der Waals surface area contributed by atoms with Gasteiger partial charge in [0.1, 0.15) is 4.83 Å². The normalized spacial score (nSPS) is 11.2. The molecule has 3 aromatic rings. The summed E-state index contributed by atoms with van der Waals surface area (Å²) in [6, 6.07) is 6.96. The minimum Gasteiger partial charge on any atom is -0.293 e. The molecular formula is C17H15ClN2O2S2. The molecule has 0 radical (unpaired) electrons. The zero-order chi connectivity index (χ0) is 17.4. The molecule has 0 atom stereocenters. The highest BCUT2D eigenvalue weighted by Crippen LogP contribution is 2.28. The van der Waals surface area contributed by atoms with Crippen LogP contribution in [0.5, 0.6) is 0 Å². The summed E-state index contributed by atoms with van der Waals surface area (Å²) in [4.78, 5) is 31.3. The van der Waals surface area contributed by atoms with Crippen molar-refractivity contribution in [2.45, 2.75) is 19.0 Å². The first-order valence-corrected chi connectivity index (χ1v) is 9.45. The molecule has 2 aromatic heterocycles. The molecule has 0 saturated heterocycles. The second kappa shape index (κ2) is 6.70. The van der Waals surface area contributed by atoms with Gasteiger partial charge in [0.15, 0.2) is 10.9 Å². The molecule has 0 aliphatic heterocycles. The van der Waals surface area contributed by atoms with E-state index >= 15 is 0 Å². The van der Waals surface area contributed by atoms with Gasteiger partial charge in [0.05, 0.1) is 16.2 Å². The van der Waals surface area contributed by atoms with E-state index in [9.17, 15) is 9.59 Å². The molecule has 0 unspecified atom stereocenters. The van der Waals surface area contributed by atoms with E-state index in [0.717, 1.165) is 15.3 Å². The molecule has 4 nitrogen and oxygen atoms in total. The van der Waals surface area contributed by atoms with Crippen molar-refractivity contribution in [3.63, 3.8) is 0 Å². The number of halogens is 1. The molecule has 0 bridgehead atoms. The SMILES string of the molecule is Cc1sc2nc(SCC(=O)c3ccccc3Cl)n(C)c(=O)c2c1C. The van der Waals surface area contributed by atoms with Gasteiger partial charge in [0, 0.05) is 17.5 Å². The molecule has 0 N–H and O–H groups in total. The molecule has 0 amide bonds. The van der Waals surface area contributed by atoms with Gasteiger partial charge in [-0.05, 0) is 31.5 Å². The van der Waals surface area contributed by atoms with E-state index in [2.05, 4.69) is 4.98 Å². The van der Waals surface area contributed by atoms with Crippen LogP contribution < -0.4 is 5.56 Å². The van der Waals surface area contributed by atoms with Gasteiger partial charge in [-0.2, -0.15) is 0 Å². The first kappa shape index (κ1) is 17.2. The smallest absolute Gasteiger partial charge is 0.262 e. The molecule has 0 fully saturated rings. The zero-order valence-electron chi connectivity index (χ0n) is 13.4. The zero-order valence-corrected chi connectivity index (χ0v) is 15.8. The number of hydrogen-bond acceptors (Lipinski definition) is 5. The standard InChI is InChI=1S/C17H15ClN2O2S2/c1-9-10(2)24-15-14(9)16(22)20(3)17(19-15)23-8-13(21)11-6-4-5-7-12(11)18/h4-7H,8H2,1-3H3. The van der Waals surface area contributed by atoms with Gasteiger partial charge in [-0.3, -0.25) is 14.2 Å². The molecular weight excluding hydrogens is 364 g/mol. The number of aromatic nitrogens is 2. The lowest BCUT2D eigenvalue weighted by atomic mass is 10.1. The minimum atomic E-state index is -0.0847. The number of carbonyl (C=O) groups excluding carboxylic acids is 1. The fraction of sp³-hybridized carbons (Fsp3) is 0.235. The summed E-state index contributed by atoms with van der Waals surface area (Å²) in [7, 11) is 1.68. The lowest BCUT2D eigenvalue weighted by Gasteiger charge is -2.07. The molecule has 0 aliphatic rings. The maximum atomic E-state index is 12.6. The Bertz CT molecular complexity index is 1010. The van der Waals surface area contributed by atoms with Crippen LogP contribution in [0.4, 0.5) is 0 Å². The van der Waals surface area contributed by atoms with Gasteiger partial charge in [-0.25, -0.2) is 4.98 Å². The molecule has 7 heteroatoms. The average molecular weight is 379 g/mol. The van der Waals surface area contributed by atoms with E-state index in [1.807, 2.05) is 13.8 Å². The second-order valence-electron chi connectivity index (χ2n) is 5.41. The Labute approximate surface area is 152 Å². The Morgan fingerprint density at radius 1 is 1.33 bits per heavy atom. The highest BCUT2D eigenvalue weighted by Gasteiger charge is 2.16. The van der Waals surface area contributed by atoms with Crippen molar-refractivity contribution in [2.24, 2.45) is 7.05 Å². The van der Waals surface area contributed by atoms with E-state index < -0.39 is 0 Å². The first-order valence-electron chi connectivity index (χ1n) is 7.27. The predicted molar refractivity (Wildman–Crippen MR) is 101 cm³/mol. The third-order valence-electron chi connectivity index (χ3n) is 3.88. The average Bonchev–Trinajstić information content (AvgIpc) is 2.84. The molecule has 0 spiro atoms. The molecule has 0 aliphatic carbocycles. The third kappa shape index (κ3) is 3.01. The largest absolute Gasteiger partial charge is 0.293 e. The number of fused-ring (bicyclic) bond motifs is 1. The Kier molecular flexibility index (Phi) is 4.80. The van der Waals surface area contributed by atoms with Gasteiger partial charge in [0.2, 0.25) is 0 Å². The van der Waals surface area contributed by atoms with Gasteiger partial charge in [-0.15, -0.1) is 11.3 Å². The summed E-state index contributed by atoms with van der Waals surface area (Å²) in [5.74, 6) is 0.0947. The van der Waals surface area contributed by atoms with Crippen molar-refractivity contribution < 1.29 is 4.79 Å². The number of Topliss-reactive ketones (excluding diaryl/α,β-unsaturated/α-hetero) is 1. The molecule has 3 rings (SSSR count). The number of rotatable bonds is 4. The monoisotopic (exact) mass is 378 g/mol. The predicted octanol–water partition coefficient (Wildman–Crippen LogP) is 4.24. The van der Waals surface area contributed by atoms with Crippen LogP contribution in [0, 0.1) is 13.8 Å². The van der Waals surface area contributed by atoms with Gasteiger partial charge >= 0.3 is 0 Å².